The Bertz CT molecular complexity index is 586. The van der Waals surface area contributed by atoms with Crippen molar-refractivity contribution in [2.24, 2.45) is 0 Å². The second-order valence-electron chi connectivity index (χ2n) is 4.59. The number of thiophene rings is 1. The number of likely N-dealkylation sites (N-methyl/N-ethyl adjacent to an activating group) is 1. The van der Waals surface area contributed by atoms with Gasteiger partial charge in [0.05, 0.1) is 17.3 Å². The van der Waals surface area contributed by atoms with Gasteiger partial charge in [-0.3, -0.25) is 9.69 Å². The lowest BCUT2D eigenvalue weighted by molar-refractivity contribution is -0.117. The number of amides is 1. The Balaban J connectivity index is 1.88. The van der Waals surface area contributed by atoms with E-state index in [0.29, 0.717) is 22.9 Å². The van der Waals surface area contributed by atoms with Crippen molar-refractivity contribution in [1.29, 1.82) is 0 Å². The van der Waals surface area contributed by atoms with Gasteiger partial charge in [-0.25, -0.2) is 0 Å². The Morgan fingerprint density at radius 3 is 2.90 bits per heavy atom. The van der Waals surface area contributed by atoms with Gasteiger partial charge in [0, 0.05) is 12.2 Å². The van der Waals surface area contributed by atoms with Gasteiger partial charge in [0.25, 0.3) is 0 Å². The fourth-order valence-electron chi connectivity index (χ4n) is 1.82. The fraction of sp³-hybridized carbons (Fsp3) is 0.214. The quantitative estimate of drug-likeness (QED) is 0.835. The van der Waals surface area contributed by atoms with Crippen molar-refractivity contribution in [2.45, 2.75) is 6.54 Å². The zero-order chi connectivity index (χ0) is 14.5. The topological polar surface area (TPSA) is 58.4 Å². The van der Waals surface area contributed by atoms with Crippen molar-refractivity contribution in [3.63, 3.8) is 0 Å². The van der Waals surface area contributed by atoms with Gasteiger partial charge in [-0.15, -0.1) is 0 Å². The lowest BCUT2D eigenvalue weighted by atomic mass is 10.3. The van der Waals surface area contributed by atoms with Gasteiger partial charge in [0.2, 0.25) is 5.91 Å². The summed E-state index contributed by atoms with van der Waals surface area (Å²) in [6.07, 6.45) is 0. The van der Waals surface area contributed by atoms with E-state index >= 15 is 0 Å². The van der Waals surface area contributed by atoms with E-state index < -0.39 is 0 Å². The van der Waals surface area contributed by atoms with Gasteiger partial charge in [-0.2, -0.15) is 11.3 Å². The van der Waals surface area contributed by atoms with Crippen LogP contribution in [-0.2, 0) is 11.3 Å². The highest BCUT2D eigenvalue weighted by atomic mass is 35.5. The molecule has 0 aliphatic carbocycles. The number of nitrogen functional groups attached to an aromatic ring is 1. The van der Waals surface area contributed by atoms with Crippen LogP contribution in [0.3, 0.4) is 0 Å². The minimum absolute atomic E-state index is 0.102. The maximum Gasteiger partial charge on any atom is 0.238 e. The molecule has 0 saturated carbocycles. The molecule has 0 bridgehead atoms. The normalized spacial score (nSPS) is 10.8. The Hall–Kier alpha value is -1.56. The summed E-state index contributed by atoms with van der Waals surface area (Å²) in [4.78, 5) is 13.9. The first kappa shape index (κ1) is 14.8. The van der Waals surface area contributed by atoms with Crippen LogP contribution in [0.15, 0.2) is 35.0 Å². The van der Waals surface area contributed by atoms with E-state index in [0.717, 1.165) is 6.54 Å². The van der Waals surface area contributed by atoms with Crippen molar-refractivity contribution >= 4 is 40.2 Å². The standard InChI is InChI=1S/C14H16ClN3OS/c1-18(7-10-4-5-20-9-10)8-14(19)17-13-3-2-11(16)6-12(13)15/h2-6,9H,7-8,16H2,1H3,(H,17,19). The van der Waals surface area contributed by atoms with E-state index in [2.05, 4.69) is 16.8 Å². The highest BCUT2D eigenvalue weighted by Crippen LogP contribution is 2.23. The summed E-state index contributed by atoms with van der Waals surface area (Å²) >= 11 is 7.67. The second-order valence-corrected chi connectivity index (χ2v) is 5.78. The van der Waals surface area contributed by atoms with E-state index in [-0.39, 0.29) is 5.91 Å². The molecule has 0 radical (unpaired) electrons. The molecular formula is C14H16ClN3OS. The van der Waals surface area contributed by atoms with E-state index in [1.54, 1.807) is 29.5 Å². The zero-order valence-corrected chi connectivity index (χ0v) is 12.7. The van der Waals surface area contributed by atoms with Crippen molar-refractivity contribution in [3.8, 4) is 0 Å². The predicted molar refractivity (Wildman–Crippen MR) is 85.1 cm³/mol. The van der Waals surface area contributed by atoms with Crippen LogP contribution in [0.25, 0.3) is 0 Å². The molecule has 2 rings (SSSR count). The Morgan fingerprint density at radius 1 is 1.45 bits per heavy atom. The van der Waals surface area contributed by atoms with Crippen LogP contribution in [0, 0.1) is 0 Å². The molecule has 4 nitrogen and oxygen atoms in total. The number of rotatable bonds is 5. The molecule has 0 atom stereocenters. The minimum Gasteiger partial charge on any atom is -0.399 e. The molecule has 0 fully saturated rings. The zero-order valence-electron chi connectivity index (χ0n) is 11.1. The van der Waals surface area contributed by atoms with E-state index in [1.165, 1.54) is 5.56 Å². The van der Waals surface area contributed by atoms with Crippen LogP contribution >= 0.6 is 22.9 Å². The minimum atomic E-state index is -0.102. The number of carbonyl (C=O) groups excluding carboxylic acids is 1. The average molecular weight is 310 g/mol. The molecule has 1 aromatic carbocycles. The number of halogens is 1. The first-order chi connectivity index (χ1) is 9.54. The van der Waals surface area contributed by atoms with Gasteiger partial charge in [-0.1, -0.05) is 11.6 Å². The summed E-state index contributed by atoms with van der Waals surface area (Å²) in [5, 5.41) is 7.33. The number of benzene rings is 1. The molecule has 0 spiro atoms. The van der Waals surface area contributed by atoms with Gasteiger partial charge in [0.15, 0.2) is 0 Å². The second kappa shape index (κ2) is 6.74. The Morgan fingerprint density at radius 2 is 2.25 bits per heavy atom. The SMILES string of the molecule is CN(CC(=O)Nc1ccc(N)cc1Cl)Cc1ccsc1. The first-order valence-electron chi connectivity index (χ1n) is 6.09. The maximum absolute atomic E-state index is 11.9. The van der Waals surface area contributed by atoms with Crippen LogP contribution in [0.2, 0.25) is 5.02 Å². The van der Waals surface area contributed by atoms with Crippen LogP contribution in [0.1, 0.15) is 5.56 Å². The smallest absolute Gasteiger partial charge is 0.238 e. The summed E-state index contributed by atoms with van der Waals surface area (Å²) in [7, 11) is 1.90. The van der Waals surface area contributed by atoms with Crippen molar-refractivity contribution < 1.29 is 4.79 Å². The molecule has 1 heterocycles. The monoisotopic (exact) mass is 309 g/mol. The summed E-state index contributed by atoms with van der Waals surface area (Å²) in [5.74, 6) is -0.102. The number of hydrogen-bond donors (Lipinski definition) is 2. The molecule has 0 aliphatic rings. The third-order valence-electron chi connectivity index (χ3n) is 2.71. The summed E-state index contributed by atoms with van der Waals surface area (Å²) in [5.41, 5.74) is 7.97. The van der Waals surface area contributed by atoms with Crippen LogP contribution < -0.4 is 11.1 Å². The van der Waals surface area contributed by atoms with Gasteiger partial charge >= 0.3 is 0 Å². The highest BCUT2D eigenvalue weighted by molar-refractivity contribution is 7.07. The molecule has 0 saturated heterocycles. The van der Waals surface area contributed by atoms with Gasteiger partial charge in [0.1, 0.15) is 0 Å². The Kier molecular flexibility index (Phi) is 5.00. The molecule has 3 N–H and O–H groups in total. The van der Waals surface area contributed by atoms with Crippen molar-refractivity contribution in [2.75, 3.05) is 24.6 Å². The third-order valence-corrected chi connectivity index (χ3v) is 3.76. The predicted octanol–water partition coefficient (Wildman–Crippen LogP) is 3.05. The largest absolute Gasteiger partial charge is 0.399 e. The highest BCUT2D eigenvalue weighted by Gasteiger charge is 2.09. The molecule has 2 aromatic rings. The number of hydrogen-bond acceptors (Lipinski definition) is 4. The molecule has 106 valence electrons. The molecular weight excluding hydrogens is 294 g/mol. The summed E-state index contributed by atoms with van der Waals surface area (Å²) < 4.78 is 0. The number of nitrogens with two attached hydrogens (primary N) is 1. The van der Waals surface area contributed by atoms with E-state index in [1.807, 2.05) is 17.3 Å². The molecule has 0 unspecified atom stereocenters. The lowest BCUT2D eigenvalue weighted by Gasteiger charge is -2.16. The fourth-order valence-corrected chi connectivity index (χ4v) is 2.71. The molecule has 0 aliphatic heterocycles. The maximum atomic E-state index is 11.9. The van der Waals surface area contributed by atoms with E-state index in [9.17, 15) is 4.79 Å². The summed E-state index contributed by atoms with van der Waals surface area (Å²) in [6.45, 7) is 1.04. The first-order valence-corrected chi connectivity index (χ1v) is 7.41. The van der Waals surface area contributed by atoms with Crippen LogP contribution in [0.5, 0.6) is 0 Å². The van der Waals surface area contributed by atoms with Crippen molar-refractivity contribution in [1.82, 2.24) is 4.90 Å². The van der Waals surface area contributed by atoms with E-state index in [4.69, 9.17) is 17.3 Å². The van der Waals surface area contributed by atoms with Crippen molar-refractivity contribution in [3.05, 3.63) is 45.6 Å². The number of carbonyl (C=O) groups is 1. The molecule has 1 amide bonds. The number of anilines is 2. The number of nitrogens with zero attached hydrogens (tertiary/aromatic N) is 1. The van der Waals surface area contributed by atoms with Gasteiger partial charge in [-0.05, 0) is 47.6 Å². The third kappa shape index (κ3) is 4.23. The Labute approximate surface area is 127 Å². The van der Waals surface area contributed by atoms with Gasteiger partial charge < -0.3 is 11.1 Å². The lowest BCUT2D eigenvalue weighted by Crippen LogP contribution is -2.29. The van der Waals surface area contributed by atoms with Crippen LogP contribution in [0.4, 0.5) is 11.4 Å². The summed E-state index contributed by atoms with van der Waals surface area (Å²) in [6, 6.07) is 7.08. The molecule has 20 heavy (non-hydrogen) atoms. The average Bonchev–Trinajstić information content (AvgIpc) is 2.85. The molecule has 6 heteroatoms. The molecule has 1 aromatic heterocycles. The van der Waals surface area contributed by atoms with Crippen LogP contribution in [-0.4, -0.2) is 24.4 Å². The number of nitrogens with one attached hydrogen (secondary N) is 1.